The van der Waals surface area contributed by atoms with Crippen LogP contribution >= 0.6 is 0 Å². The molecular weight excluding hydrogens is 511 g/mol. The van der Waals surface area contributed by atoms with Crippen molar-refractivity contribution in [3.8, 4) is 23.0 Å². The topological polar surface area (TPSA) is 142 Å². The standard InChI is InChI=1S/C26H25FN6O4S/c1-2-37-19-10-11-22(29-15-19)25-32-31-24(33(25)23-9-4-3-8-21(23)27)17-12-18(13-17)30-26(34)16-6-5-7-20(14-16)38(28,35)36/h3-11,14-15,17-18H,2,12-13H2,1H3,(H,30,34)(H2,28,35,36). The molecule has 0 unspecified atom stereocenters. The van der Waals surface area contributed by atoms with E-state index in [1.807, 2.05) is 6.92 Å². The van der Waals surface area contributed by atoms with E-state index < -0.39 is 21.7 Å². The molecule has 4 aromatic rings. The maximum absolute atomic E-state index is 14.9. The smallest absolute Gasteiger partial charge is 0.251 e. The van der Waals surface area contributed by atoms with Gasteiger partial charge in [0.15, 0.2) is 5.82 Å². The van der Waals surface area contributed by atoms with Crippen molar-refractivity contribution in [2.24, 2.45) is 5.14 Å². The largest absolute Gasteiger partial charge is 0.492 e. The molecule has 0 radical (unpaired) electrons. The van der Waals surface area contributed by atoms with Gasteiger partial charge in [-0.1, -0.05) is 18.2 Å². The van der Waals surface area contributed by atoms with Crippen LogP contribution in [0.4, 0.5) is 4.39 Å². The molecule has 5 rings (SSSR count). The summed E-state index contributed by atoms with van der Waals surface area (Å²) < 4.78 is 45.3. The third-order valence-electron chi connectivity index (χ3n) is 6.32. The molecule has 2 aromatic heterocycles. The number of nitrogens with one attached hydrogen (secondary N) is 1. The van der Waals surface area contributed by atoms with Crippen LogP contribution in [0, 0.1) is 5.82 Å². The van der Waals surface area contributed by atoms with E-state index in [1.54, 1.807) is 41.1 Å². The third kappa shape index (κ3) is 5.13. The van der Waals surface area contributed by atoms with Crippen LogP contribution in [0.2, 0.25) is 0 Å². The van der Waals surface area contributed by atoms with Crippen molar-refractivity contribution < 1.29 is 22.3 Å². The Labute approximate surface area is 218 Å². The van der Waals surface area contributed by atoms with E-state index >= 15 is 0 Å². The Balaban J connectivity index is 1.38. The highest BCUT2D eigenvalue weighted by Gasteiger charge is 2.36. The number of sulfonamides is 1. The summed E-state index contributed by atoms with van der Waals surface area (Å²) in [6.45, 7) is 2.39. The number of halogens is 1. The second-order valence-electron chi connectivity index (χ2n) is 8.89. The molecular formula is C26H25FN6O4S. The second-order valence-corrected chi connectivity index (χ2v) is 10.5. The summed E-state index contributed by atoms with van der Waals surface area (Å²) in [6, 6.07) is 15.3. The quantitative estimate of drug-likeness (QED) is 0.352. The highest BCUT2D eigenvalue weighted by molar-refractivity contribution is 7.89. The lowest BCUT2D eigenvalue weighted by Crippen LogP contribution is -2.44. The monoisotopic (exact) mass is 536 g/mol. The van der Waals surface area contributed by atoms with Crippen LogP contribution in [-0.4, -0.2) is 46.7 Å². The summed E-state index contributed by atoms with van der Waals surface area (Å²) in [5.74, 6) is 0.622. The lowest BCUT2D eigenvalue weighted by atomic mass is 9.79. The summed E-state index contributed by atoms with van der Waals surface area (Å²) in [5, 5.41) is 16.8. The Morgan fingerprint density at radius 2 is 1.92 bits per heavy atom. The van der Waals surface area contributed by atoms with Crippen molar-refractivity contribution >= 4 is 15.9 Å². The lowest BCUT2D eigenvalue weighted by Gasteiger charge is -2.35. The van der Waals surface area contributed by atoms with Crippen molar-refractivity contribution in [1.29, 1.82) is 0 Å². The molecule has 0 aliphatic heterocycles. The Morgan fingerprint density at radius 3 is 2.61 bits per heavy atom. The zero-order valence-corrected chi connectivity index (χ0v) is 21.2. The molecule has 10 nitrogen and oxygen atoms in total. The molecule has 196 valence electrons. The first kappa shape index (κ1) is 25.5. The molecule has 1 amide bonds. The first-order chi connectivity index (χ1) is 18.2. The zero-order chi connectivity index (χ0) is 26.9. The van der Waals surface area contributed by atoms with Gasteiger partial charge in [0.1, 0.15) is 23.1 Å². The first-order valence-corrected chi connectivity index (χ1v) is 13.5. The van der Waals surface area contributed by atoms with Crippen LogP contribution in [0.5, 0.6) is 5.75 Å². The van der Waals surface area contributed by atoms with Gasteiger partial charge >= 0.3 is 0 Å². The first-order valence-electron chi connectivity index (χ1n) is 12.0. The zero-order valence-electron chi connectivity index (χ0n) is 20.4. The van der Waals surface area contributed by atoms with E-state index in [1.165, 1.54) is 30.3 Å². The van der Waals surface area contributed by atoms with Crippen LogP contribution < -0.4 is 15.2 Å². The number of ether oxygens (including phenoxy) is 1. The van der Waals surface area contributed by atoms with Crippen LogP contribution in [0.25, 0.3) is 17.2 Å². The summed E-state index contributed by atoms with van der Waals surface area (Å²) in [4.78, 5) is 17.0. The average molecular weight is 537 g/mol. The molecule has 0 spiro atoms. The Hall–Kier alpha value is -4.16. The van der Waals surface area contributed by atoms with Crippen molar-refractivity contribution in [2.45, 2.75) is 36.6 Å². The van der Waals surface area contributed by atoms with Gasteiger partial charge in [0.05, 0.1) is 23.4 Å². The number of carbonyl (C=O) groups is 1. The number of primary sulfonamides is 1. The molecule has 0 atom stereocenters. The van der Waals surface area contributed by atoms with Gasteiger partial charge in [-0.2, -0.15) is 0 Å². The number of carbonyl (C=O) groups excluding carboxylic acids is 1. The van der Waals surface area contributed by atoms with Crippen LogP contribution in [0.1, 0.15) is 41.9 Å². The SMILES string of the molecule is CCOc1ccc(-c2nnc(C3CC(NC(=O)c4cccc(S(N)(=O)=O)c4)C3)n2-c2ccccc2F)nc1. The minimum atomic E-state index is -3.93. The van der Waals surface area contributed by atoms with E-state index in [0.717, 1.165) is 0 Å². The molecule has 38 heavy (non-hydrogen) atoms. The maximum Gasteiger partial charge on any atom is 0.251 e. The van der Waals surface area contributed by atoms with Crippen molar-refractivity contribution in [1.82, 2.24) is 25.1 Å². The summed E-state index contributed by atoms with van der Waals surface area (Å²) in [5.41, 5.74) is 0.998. The van der Waals surface area contributed by atoms with Gasteiger partial charge in [-0.25, -0.2) is 22.9 Å². The second kappa shape index (κ2) is 10.3. The van der Waals surface area contributed by atoms with Gasteiger partial charge in [-0.05, 0) is 62.2 Å². The maximum atomic E-state index is 14.9. The summed E-state index contributed by atoms with van der Waals surface area (Å²) >= 11 is 0. The lowest BCUT2D eigenvalue weighted by molar-refractivity contribution is 0.0907. The highest BCUT2D eigenvalue weighted by Crippen LogP contribution is 2.39. The summed E-state index contributed by atoms with van der Waals surface area (Å²) in [7, 11) is -3.93. The molecule has 0 bridgehead atoms. The number of hydrogen-bond acceptors (Lipinski definition) is 7. The van der Waals surface area contributed by atoms with Gasteiger partial charge in [0.25, 0.3) is 5.91 Å². The molecule has 1 saturated carbocycles. The van der Waals surface area contributed by atoms with Crippen molar-refractivity contribution in [3.63, 3.8) is 0 Å². The van der Waals surface area contributed by atoms with Crippen molar-refractivity contribution in [2.75, 3.05) is 6.61 Å². The molecule has 0 saturated heterocycles. The van der Waals surface area contributed by atoms with Gasteiger partial charge in [0.2, 0.25) is 10.0 Å². The van der Waals surface area contributed by atoms with Gasteiger partial charge in [-0.15, -0.1) is 10.2 Å². The predicted molar refractivity (Wildman–Crippen MR) is 137 cm³/mol. The number of para-hydroxylation sites is 1. The van der Waals surface area contributed by atoms with Crippen molar-refractivity contribution in [3.05, 3.63) is 84.1 Å². The highest BCUT2D eigenvalue weighted by atomic mass is 32.2. The number of benzene rings is 2. The molecule has 1 fully saturated rings. The van der Waals surface area contributed by atoms with Crippen LogP contribution in [0.15, 0.2) is 71.8 Å². The molecule has 2 aromatic carbocycles. The van der Waals surface area contributed by atoms with E-state index in [4.69, 9.17) is 9.88 Å². The molecule has 3 N–H and O–H groups in total. The molecule has 2 heterocycles. The number of hydrogen-bond donors (Lipinski definition) is 2. The van der Waals surface area contributed by atoms with Gasteiger partial charge in [0, 0.05) is 17.5 Å². The minimum Gasteiger partial charge on any atom is -0.492 e. The molecule has 1 aliphatic carbocycles. The molecule has 1 aliphatic rings. The van der Waals surface area contributed by atoms with E-state index in [9.17, 15) is 17.6 Å². The predicted octanol–water partition coefficient (Wildman–Crippen LogP) is 3.19. The fourth-order valence-electron chi connectivity index (χ4n) is 4.39. The fraction of sp³-hybridized carbons (Fsp3) is 0.231. The summed E-state index contributed by atoms with van der Waals surface area (Å²) in [6.07, 6.45) is 2.67. The van der Waals surface area contributed by atoms with Gasteiger partial charge in [-0.3, -0.25) is 9.36 Å². The van der Waals surface area contributed by atoms with Gasteiger partial charge < -0.3 is 10.1 Å². The minimum absolute atomic E-state index is 0.0976. The van der Waals surface area contributed by atoms with Crippen LogP contribution in [-0.2, 0) is 10.0 Å². The Morgan fingerprint density at radius 1 is 1.13 bits per heavy atom. The number of aromatic nitrogens is 4. The normalized spacial score (nSPS) is 17.0. The Kier molecular flexibility index (Phi) is 6.91. The number of amides is 1. The Bertz CT molecular complexity index is 1580. The number of nitrogens with zero attached hydrogens (tertiary/aromatic N) is 4. The van der Waals surface area contributed by atoms with E-state index in [0.29, 0.717) is 48.2 Å². The fourth-order valence-corrected chi connectivity index (χ4v) is 4.95. The van der Waals surface area contributed by atoms with E-state index in [-0.39, 0.29) is 22.4 Å². The number of nitrogens with two attached hydrogens (primary N) is 1. The van der Waals surface area contributed by atoms with Crippen LogP contribution in [0.3, 0.4) is 0 Å². The molecule has 12 heteroatoms. The number of rotatable bonds is 8. The average Bonchev–Trinajstić information content (AvgIpc) is 3.30. The van der Waals surface area contributed by atoms with E-state index in [2.05, 4.69) is 20.5 Å². The third-order valence-corrected chi connectivity index (χ3v) is 7.23. The number of pyridine rings is 1.